The van der Waals surface area contributed by atoms with Gasteiger partial charge in [-0.15, -0.1) is 11.6 Å². The molecule has 2 aromatic rings. The molecule has 2 aromatic carbocycles. The highest BCUT2D eigenvalue weighted by Gasteiger charge is 2.16. The van der Waals surface area contributed by atoms with Gasteiger partial charge < -0.3 is 4.74 Å². The Kier molecular flexibility index (Phi) is 4.77. The van der Waals surface area contributed by atoms with Gasteiger partial charge in [-0.1, -0.05) is 40.2 Å². The Morgan fingerprint density at radius 2 is 1.70 bits per heavy atom. The lowest BCUT2D eigenvalue weighted by molar-refractivity contribution is 0.408. The minimum atomic E-state index is -0.157. The maximum Gasteiger partial charge on any atom is 0.124 e. The van der Waals surface area contributed by atoms with E-state index in [4.69, 9.17) is 16.3 Å². The fourth-order valence-corrected chi connectivity index (χ4v) is 3.27. The molecule has 0 N–H and O–H groups in total. The molecule has 2 rings (SSSR count). The average molecular weight is 354 g/mol. The third kappa shape index (κ3) is 2.87. The van der Waals surface area contributed by atoms with Crippen LogP contribution in [0.15, 0.2) is 34.8 Å². The van der Waals surface area contributed by atoms with E-state index in [2.05, 4.69) is 41.1 Å². The molecule has 106 valence electrons. The maximum absolute atomic E-state index is 6.69. The molecule has 0 aliphatic carbocycles. The van der Waals surface area contributed by atoms with Gasteiger partial charge in [-0.3, -0.25) is 0 Å². The molecule has 0 saturated carbocycles. The van der Waals surface area contributed by atoms with Crippen molar-refractivity contribution >= 4 is 27.5 Å². The topological polar surface area (TPSA) is 9.23 Å². The van der Waals surface area contributed by atoms with E-state index < -0.39 is 0 Å². The first-order chi connectivity index (χ1) is 9.45. The summed E-state index contributed by atoms with van der Waals surface area (Å²) in [6, 6.07) is 10.3. The lowest BCUT2D eigenvalue weighted by Crippen LogP contribution is -2.00. The minimum absolute atomic E-state index is 0.157. The van der Waals surface area contributed by atoms with Crippen molar-refractivity contribution in [1.82, 2.24) is 0 Å². The zero-order chi connectivity index (χ0) is 14.9. The summed E-state index contributed by atoms with van der Waals surface area (Å²) in [6.07, 6.45) is 0. The van der Waals surface area contributed by atoms with E-state index in [1.165, 1.54) is 5.56 Å². The van der Waals surface area contributed by atoms with Crippen LogP contribution in [0.5, 0.6) is 5.75 Å². The van der Waals surface area contributed by atoms with Gasteiger partial charge in [0.05, 0.1) is 12.5 Å². The van der Waals surface area contributed by atoms with Gasteiger partial charge in [-0.05, 0) is 54.7 Å². The van der Waals surface area contributed by atoms with E-state index >= 15 is 0 Å². The Morgan fingerprint density at radius 3 is 2.25 bits per heavy atom. The van der Waals surface area contributed by atoms with Gasteiger partial charge >= 0.3 is 0 Å². The monoisotopic (exact) mass is 352 g/mol. The average Bonchev–Trinajstić information content (AvgIpc) is 2.41. The summed E-state index contributed by atoms with van der Waals surface area (Å²) in [4.78, 5) is 0. The molecule has 0 aliphatic rings. The van der Waals surface area contributed by atoms with Crippen molar-refractivity contribution in [3.63, 3.8) is 0 Å². The minimum Gasteiger partial charge on any atom is -0.496 e. The third-order valence-corrected chi connectivity index (χ3v) is 4.91. The molecule has 0 amide bonds. The van der Waals surface area contributed by atoms with Crippen LogP contribution in [0.3, 0.4) is 0 Å². The van der Waals surface area contributed by atoms with E-state index in [1.807, 2.05) is 26.0 Å². The highest BCUT2D eigenvalue weighted by Crippen LogP contribution is 2.36. The second kappa shape index (κ2) is 6.19. The zero-order valence-corrected chi connectivity index (χ0v) is 14.5. The fourth-order valence-electron chi connectivity index (χ4n) is 2.53. The molecule has 1 nitrogen and oxygen atoms in total. The summed E-state index contributed by atoms with van der Waals surface area (Å²) in [5.74, 6) is 0.934. The van der Waals surface area contributed by atoms with Crippen molar-refractivity contribution in [1.29, 1.82) is 0 Å². The van der Waals surface area contributed by atoms with E-state index in [-0.39, 0.29) is 5.38 Å². The molecule has 0 spiro atoms. The van der Waals surface area contributed by atoms with Crippen LogP contribution in [0.25, 0.3) is 0 Å². The summed E-state index contributed by atoms with van der Waals surface area (Å²) in [5, 5.41) is -0.157. The molecule has 20 heavy (non-hydrogen) atoms. The standard InChI is InChI=1S/C17H18BrClO/c1-10-8-13(9-11(2)17(10)20-4)16(19)14-6-5-7-15(18)12(14)3/h5-9,16H,1-4H3. The van der Waals surface area contributed by atoms with E-state index in [9.17, 15) is 0 Å². The van der Waals surface area contributed by atoms with Crippen LogP contribution >= 0.6 is 27.5 Å². The highest BCUT2D eigenvalue weighted by molar-refractivity contribution is 9.10. The SMILES string of the molecule is COc1c(C)cc(C(Cl)c2cccc(Br)c2C)cc1C. The molecule has 3 heteroatoms. The van der Waals surface area contributed by atoms with Crippen molar-refractivity contribution < 1.29 is 4.74 Å². The maximum atomic E-state index is 6.69. The van der Waals surface area contributed by atoms with E-state index in [0.717, 1.165) is 32.5 Å². The highest BCUT2D eigenvalue weighted by atomic mass is 79.9. The van der Waals surface area contributed by atoms with Crippen LogP contribution in [-0.2, 0) is 0 Å². The predicted octanol–water partition coefficient (Wildman–Crippen LogP) is 5.71. The van der Waals surface area contributed by atoms with Gasteiger partial charge in [-0.25, -0.2) is 0 Å². The lowest BCUT2D eigenvalue weighted by Gasteiger charge is -2.17. The van der Waals surface area contributed by atoms with Crippen LogP contribution in [-0.4, -0.2) is 7.11 Å². The van der Waals surface area contributed by atoms with Crippen molar-refractivity contribution in [2.45, 2.75) is 26.1 Å². The first-order valence-corrected chi connectivity index (χ1v) is 7.73. The summed E-state index contributed by atoms with van der Waals surface area (Å²) in [7, 11) is 1.70. The molecule has 1 unspecified atom stereocenters. The number of hydrogen-bond acceptors (Lipinski definition) is 1. The predicted molar refractivity (Wildman–Crippen MR) is 89.0 cm³/mol. The molecular weight excluding hydrogens is 336 g/mol. The van der Waals surface area contributed by atoms with E-state index in [0.29, 0.717) is 0 Å². The summed E-state index contributed by atoms with van der Waals surface area (Å²) >= 11 is 10.2. The number of ether oxygens (including phenoxy) is 1. The van der Waals surface area contributed by atoms with Gasteiger partial charge in [0.25, 0.3) is 0 Å². The Hall–Kier alpha value is -0.990. The van der Waals surface area contributed by atoms with Crippen molar-refractivity contribution in [3.05, 3.63) is 62.6 Å². The normalized spacial score (nSPS) is 12.3. The Bertz CT molecular complexity index is 614. The number of methoxy groups -OCH3 is 1. The van der Waals surface area contributed by atoms with Gasteiger partial charge in [0.15, 0.2) is 0 Å². The summed E-state index contributed by atoms with van der Waals surface area (Å²) in [6.45, 7) is 6.18. The van der Waals surface area contributed by atoms with Crippen LogP contribution in [0.2, 0.25) is 0 Å². The quantitative estimate of drug-likeness (QED) is 0.642. The number of rotatable bonds is 3. The second-order valence-electron chi connectivity index (χ2n) is 5.00. The summed E-state index contributed by atoms with van der Waals surface area (Å²) < 4.78 is 6.49. The van der Waals surface area contributed by atoms with Gasteiger partial charge in [0.2, 0.25) is 0 Å². The fraction of sp³-hybridized carbons (Fsp3) is 0.294. The Balaban J connectivity index is 2.49. The molecule has 1 atom stereocenters. The second-order valence-corrected chi connectivity index (χ2v) is 6.30. The smallest absolute Gasteiger partial charge is 0.124 e. The first kappa shape index (κ1) is 15.4. The van der Waals surface area contributed by atoms with E-state index in [1.54, 1.807) is 7.11 Å². The number of alkyl halides is 1. The molecule has 0 radical (unpaired) electrons. The van der Waals surface area contributed by atoms with Crippen molar-refractivity contribution in [2.75, 3.05) is 7.11 Å². The van der Waals surface area contributed by atoms with Crippen molar-refractivity contribution in [3.8, 4) is 5.75 Å². The van der Waals surface area contributed by atoms with Gasteiger partial charge in [-0.2, -0.15) is 0 Å². The Labute approximate surface area is 134 Å². The van der Waals surface area contributed by atoms with Crippen LogP contribution < -0.4 is 4.74 Å². The zero-order valence-electron chi connectivity index (χ0n) is 12.1. The molecule has 0 bridgehead atoms. The number of halogens is 2. The lowest BCUT2D eigenvalue weighted by atomic mass is 9.97. The van der Waals surface area contributed by atoms with Crippen molar-refractivity contribution in [2.24, 2.45) is 0 Å². The molecule has 0 aromatic heterocycles. The largest absolute Gasteiger partial charge is 0.496 e. The van der Waals surface area contributed by atoms with Gasteiger partial charge in [0.1, 0.15) is 5.75 Å². The van der Waals surface area contributed by atoms with Gasteiger partial charge in [0, 0.05) is 4.47 Å². The molecule has 0 saturated heterocycles. The number of aryl methyl sites for hydroxylation is 2. The van der Waals surface area contributed by atoms with Crippen LogP contribution in [0.1, 0.15) is 33.2 Å². The summed E-state index contributed by atoms with van der Waals surface area (Å²) in [5.41, 5.74) is 5.63. The first-order valence-electron chi connectivity index (χ1n) is 6.50. The molecule has 0 heterocycles. The third-order valence-electron chi connectivity index (χ3n) is 3.56. The molecule has 0 fully saturated rings. The number of hydrogen-bond donors (Lipinski definition) is 0. The van der Waals surface area contributed by atoms with Crippen LogP contribution in [0.4, 0.5) is 0 Å². The molecular formula is C17H18BrClO. The van der Waals surface area contributed by atoms with Crippen LogP contribution in [0, 0.1) is 20.8 Å². The molecule has 0 aliphatic heterocycles. The Morgan fingerprint density at radius 1 is 1.10 bits per heavy atom. The number of benzene rings is 2.